The molecule has 1 aliphatic rings. The Morgan fingerprint density at radius 2 is 1.74 bits per heavy atom. The van der Waals surface area contributed by atoms with Crippen LogP contribution in [0.25, 0.3) is 11.1 Å². The van der Waals surface area contributed by atoms with Crippen LogP contribution in [0.3, 0.4) is 0 Å². The number of anilines is 2. The lowest BCUT2D eigenvalue weighted by molar-refractivity contribution is -0.121. The molecule has 1 N–H and O–H groups in total. The lowest BCUT2D eigenvalue weighted by Crippen LogP contribution is -2.32. The first-order valence-corrected chi connectivity index (χ1v) is 12.2. The van der Waals surface area contributed by atoms with Gasteiger partial charge in [0.2, 0.25) is 5.91 Å². The van der Waals surface area contributed by atoms with E-state index in [1.54, 1.807) is 7.11 Å². The fraction of sp³-hybridized carbons (Fsp3) is 0.481. The van der Waals surface area contributed by atoms with E-state index in [-0.39, 0.29) is 12.5 Å². The van der Waals surface area contributed by atoms with Crippen LogP contribution in [0.2, 0.25) is 0 Å². The van der Waals surface area contributed by atoms with Crippen molar-refractivity contribution in [3.8, 4) is 11.1 Å². The number of methoxy groups -OCH3 is 1. The number of hydrogen-bond donors (Lipinski definition) is 1. The molecule has 8 nitrogen and oxygen atoms in total. The van der Waals surface area contributed by atoms with Gasteiger partial charge in [0.1, 0.15) is 13.2 Å². The third-order valence-electron chi connectivity index (χ3n) is 5.45. The lowest BCUT2D eigenvalue weighted by atomic mass is 9.95. The molecule has 2 aromatic carbocycles. The zero-order chi connectivity index (χ0) is 25.2. The molecule has 0 aromatic heterocycles. The minimum absolute atomic E-state index is 0.0300. The van der Waals surface area contributed by atoms with Crippen LogP contribution in [0.4, 0.5) is 11.4 Å². The van der Waals surface area contributed by atoms with Gasteiger partial charge in [0, 0.05) is 25.8 Å². The molecule has 0 bridgehead atoms. The third kappa shape index (κ3) is 7.70. The Morgan fingerprint density at radius 1 is 1.03 bits per heavy atom. The summed E-state index contributed by atoms with van der Waals surface area (Å²) in [5.41, 5.74) is 5.61. The SMILES string of the molecule is COCCOCC(=O)Nc1cc(-c2ccccc2C2=NN=NC2)ccc1N(CC(C)C)CC(C)C. The summed E-state index contributed by atoms with van der Waals surface area (Å²) in [7, 11) is 1.61. The summed E-state index contributed by atoms with van der Waals surface area (Å²) in [6.07, 6.45) is 0. The van der Waals surface area contributed by atoms with Crippen molar-refractivity contribution in [1.82, 2.24) is 0 Å². The van der Waals surface area contributed by atoms with Gasteiger partial charge in [-0.05, 0) is 40.3 Å². The molecule has 0 atom stereocenters. The molecule has 188 valence electrons. The first-order valence-electron chi connectivity index (χ1n) is 12.2. The van der Waals surface area contributed by atoms with Crippen LogP contribution in [-0.4, -0.2) is 58.2 Å². The summed E-state index contributed by atoms with van der Waals surface area (Å²) >= 11 is 0. The molecule has 1 aliphatic heterocycles. The van der Waals surface area contributed by atoms with Crippen molar-refractivity contribution in [2.45, 2.75) is 27.7 Å². The van der Waals surface area contributed by atoms with Crippen molar-refractivity contribution in [2.24, 2.45) is 27.3 Å². The number of hydrogen-bond acceptors (Lipinski definition) is 7. The molecule has 1 heterocycles. The average molecular weight is 480 g/mol. The number of nitrogens with one attached hydrogen (secondary N) is 1. The van der Waals surface area contributed by atoms with Crippen molar-refractivity contribution in [3.63, 3.8) is 0 Å². The van der Waals surface area contributed by atoms with Crippen molar-refractivity contribution in [2.75, 3.05) is 56.8 Å². The average Bonchev–Trinajstić information content (AvgIpc) is 3.36. The van der Waals surface area contributed by atoms with E-state index >= 15 is 0 Å². The number of carbonyl (C=O) groups is 1. The maximum atomic E-state index is 12.8. The largest absolute Gasteiger partial charge is 0.382 e. The molecule has 0 radical (unpaired) electrons. The zero-order valence-electron chi connectivity index (χ0n) is 21.5. The van der Waals surface area contributed by atoms with E-state index in [0.717, 1.165) is 46.9 Å². The molecule has 1 amide bonds. The summed E-state index contributed by atoms with van der Waals surface area (Å²) in [5.74, 6) is 0.755. The van der Waals surface area contributed by atoms with Gasteiger partial charge in [0.05, 0.1) is 30.3 Å². The van der Waals surface area contributed by atoms with Crippen LogP contribution >= 0.6 is 0 Å². The van der Waals surface area contributed by atoms with Gasteiger partial charge < -0.3 is 19.7 Å². The van der Waals surface area contributed by atoms with Crippen molar-refractivity contribution in [1.29, 1.82) is 0 Å². The van der Waals surface area contributed by atoms with Crippen LogP contribution in [0, 0.1) is 11.8 Å². The Hall–Kier alpha value is -3.10. The Balaban J connectivity index is 1.98. The van der Waals surface area contributed by atoms with Crippen LogP contribution in [0.5, 0.6) is 0 Å². The van der Waals surface area contributed by atoms with Crippen molar-refractivity contribution < 1.29 is 14.3 Å². The van der Waals surface area contributed by atoms with E-state index in [9.17, 15) is 4.79 Å². The zero-order valence-corrected chi connectivity index (χ0v) is 21.5. The van der Waals surface area contributed by atoms with E-state index < -0.39 is 0 Å². The second-order valence-corrected chi connectivity index (χ2v) is 9.50. The van der Waals surface area contributed by atoms with Gasteiger partial charge in [-0.15, -0.1) is 5.10 Å². The molecular formula is C27H37N5O3. The predicted octanol–water partition coefficient (Wildman–Crippen LogP) is 5.24. The Kier molecular flexibility index (Phi) is 9.93. The van der Waals surface area contributed by atoms with Crippen LogP contribution in [0.15, 0.2) is 57.9 Å². The first kappa shape index (κ1) is 26.5. The van der Waals surface area contributed by atoms with E-state index in [0.29, 0.717) is 31.6 Å². The van der Waals surface area contributed by atoms with Gasteiger partial charge in [-0.1, -0.05) is 58.0 Å². The van der Waals surface area contributed by atoms with Crippen LogP contribution in [0.1, 0.15) is 33.3 Å². The minimum atomic E-state index is -0.195. The van der Waals surface area contributed by atoms with E-state index in [2.05, 4.69) is 71.5 Å². The number of nitrogens with zero attached hydrogens (tertiary/aromatic N) is 4. The second kappa shape index (κ2) is 13.1. The standard InChI is InChI=1S/C27H37N5O3/c1-19(2)16-32(17-20(3)4)26-11-10-21(14-24(26)29-27(33)18-35-13-12-34-5)22-8-6-7-9-23(22)25-15-28-31-30-25/h6-11,14,19-20H,12-13,15-18H2,1-5H3,(H,29,33). The summed E-state index contributed by atoms with van der Waals surface area (Å²) in [4.78, 5) is 15.1. The summed E-state index contributed by atoms with van der Waals surface area (Å²) in [6.45, 7) is 11.9. The van der Waals surface area contributed by atoms with E-state index in [1.807, 2.05) is 24.3 Å². The number of carbonyl (C=O) groups excluding carboxylic acids is 1. The summed E-state index contributed by atoms with van der Waals surface area (Å²) < 4.78 is 10.4. The summed E-state index contributed by atoms with van der Waals surface area (Å²) in [6, 6.07) is 14.3. The fourth-order valence-corrected chi connectivity index (χ4v) is 4.07. The van der Waals surface area contributed by atoms with Crippen LogP contribution < -0.4 is 10.2 Å². The van der Waals surface area contributed by atoms with Gasteiger partial charge in [-0.2, -0.15) is 5.11 Å². The molecule has 3 rings (SSSR count). The lowest BCUT2D eigenvalue weighted by Gasteiger charge is -2.31. The predicted molar refractivity (Wildman–Crippen MR) is 141 cm³/mol. The molecule has 0 unspecified atom stereocenters. The Bertz CT molecular complexity index is 1040. The first-order chi connectivity index (χ1) is 16.9. The van der Waals surface area contributed by atoms with Crippen LogP contribution in [-0.2, 0) is 14.3 Å². The number of rotatable bonds is 13. The highest BCUT2D eigenvalue weighted by Gasteiger charge is 2.19. The molecule has 35 heavy (non-hydrogen) atoms. The molecular weight excluding hydrogens is 442 g/mol. The maximum absolute atomic E-state index is 12.8. The normalized spacial score (nSPS) is 12.9. The van der Waals surface area contributed by atoms with Crippen molar-refractivity contribution >= 4 is 23.0 Å². The Labute approximate surface area is 208 Å². The molecule has 2 aromatic rings. The molecule has 0 aliphatic carbocycles. The monoisotopic (exact) mass is 479 g/mol. The molecule has 8 heteroatoms. The fourth-order valence-electron chi connectivity index (χ4n) is 4.07. The van der Waals surface area contributed by atoms with Gasteiger partial charge in [-0.3, -0.25) is 4.79 Å². The molecule has 0 spiro atoms. The maximum Gasteiger partial charge on any atom is 0.250 e. The smallest absolute Gasteiger partial charge is 0.250 e. The van der Waals surface area contributed by atoms with Gasteiger partial charge in [-0.25, -0.2) is 0 Å². The molecule has 0 saturated carbocycles. The molecule has 0 saturated heterocycles. The number of benzene rings is 2. The van der Waals surface area contributed by atoms with E-state index in [1.165, 1.54) is 0 Å². The van der Waals surface area contributed by atoms with Gasteiger partial charge in [0.25, 0.3) is 0 Å². The highest BCUT2D eigenvalue weighted by Crippen LogP contribution is 2.34. The highest BCUT2D eigenvalue weighted by atomic mass is 16.5. The van der Waals surface area contributed by atoms with E-state index in [4.69, 9.17) is 9.47 Å². The number of amides is 1. The van der Waals surface area contributed by atoms with Gasteiger partial charge >= 0.3 is 0 Å². The quantitative estimate of drug-likeness (QED) is 0.398. The Morgan fingerprint density at radius 3 is 2.37 bits per heavy atom. The summed E-state index contributed by atoms with van der Waals surface area (Å²) in [5, 5.41) is 15.1. The van der Waals surface area contributed by atoms with Crippen molar-refractivity contribution in [3.05, 3.63) is 48.0 Å². The number of ether oxygens (including phenoxy) is 2. The minimum Gasteiger partial charge on any atom is -0.382 e. The molecule has 0 fully saturated rings. The topological polar surface area (TPSA) is 87.9 Å². The third-order valence-corrected chi connectivity index (χ3v) is 5.45. The second-order valence-electron chi connectivity index (χ2n) is 9.50. The highest BCUT2D eigenvalue weighted by molar-refractivity contribution is 6.08. The van der Waals surface area contributed by atoms with Gasteiger partial charge in [0.15, 0.2) is 0 Å².